The van der Waals surface area contributed by atoms with Crippen molar-refractivity contribution < 1.29 is 69.1 Å². The summed E-state index contributed by atoms with van der Waals surface area (Å²) in [5.41, 5.74) is 19.4. The average Bonchev–Trinajstić information content (AvgIpc) is 1.63. The fourth-order valence-electron chi connectivity index (χ4n) is 16.2. The number of fused-ring (bicyclic) bond motifs is 5. The van der Waals surface area contributed by atoms with E-state index in [0.717, 1.165) is 150 Å². The van der Waals surface area contributed by atoms with Crippen LogP contribution in [0, 0.1) is 56.7 Å². The second kappa shape index (κ2) is 44.9. The topological polar surface area (TPSA) is 397 Å². The van der Waals surface area contributed by atoms with Gasteiger partial charge in [-0.1, -0.05) is 67.6 Å². The number of ether oxygens (including phenoxy) is 8. The van der Waals surface area contributed by atoms with E-state index in [4.69, 9.17) is 33.2 Å². The Morgan fingerprint density at radius 1 is 0.343 bits per heavy atom. The van der Waals surface area contributed by atoms with Crippen molar-refractivity contribution in [2.75, 3.05) is 81.3 Å². The lowest BCUT2D eigenvalue weighted by atomic mass is 10.1. The number of benzene rings is 10. The van der Waals surface area contributed by atoms with Crippen molar-refractivity contribution in [3.8, 4) is 115 Å². The predicted octanol–water partition coefficient (Wildman–Crippen LogP) is 22.8. The Balaban J connectivity index is 0.000000154. The molecular weight excluding hydrogens is 1780 g/mol. The van der Waals surface area contributed by atoms with Crippen LogP contribution in [0.4, 0.5) is 42.8 Å². The molecule has 32 heteroatoms. The number of rotatable bonds is 27. The van der Waals surface area contributed by atoms with E-state index in [1.807, 2.05) is 205 Å². The molecule has 0 atom stereocenters. The Labute approximate surface area is 796 Å². The molecule has 1 aliphatic carbocycles. The van der Waals surface area contributed by atoms with Crippen LogP contribution in [0.5, 0.6) is 28.7 Å². The molecule has 1 saturated carbocycles. The molecule has 5 aromatic heterocycles. The van der Waals surface area contributed by atoms with Gasteiger partial charge in [-0.2, -0.15) is 26.3 Å². The van der Waals surface area contributed by atoms with Crippen molar-refractivity contribution in [2.45, 2.75) is 125 Å². The fourth-order valence-corrected chi connectivity index (χ4v) is 18.3. The minimum atomic E-state index is -3.40. The lowest BCUT2D eigenvalue weighted by Crippen LogP contribution is -2.22. The molecule has 0 radical (unpaired) electrons. The molecule has 16 rings (SSSR count). The summed E-state index contributed by atoms with van der Waals surface area (Å²) in [6.45, 7) is 21.4. The van der Waals surface area contributed by atoms with Crippen molar-refractivity contribution in [1.82, 2.24) is 22.8 Å². The molecule has 1 fully saturated rings. The maximum Gasteiger partial charge on any atom is 0.411 e. The highest BCUT2D eigenvalue weighted by molar-refractivity contribution is 7.93. The molecule has 15 aromatic rings. The van der Waals surface area contributed by atoms with Gasteiger partial charge in [-0.05, 0) is 254 Å². The normalized spacial score (nSPS) is 11.4. The van der Waals surface area contributed by atoms with E-state index in [1.54, 1.807) is 105 Å². The molecule has 5 heterocycles. The van der Waals surface area contributed by atoms with Gasteiger partial charge in [-0.25, -0.2) is 31.2 Å². The number of nitriles is 5. The molecule has 0 bridgehead atoms. The Kier molecular flexibility index (Phi) is 32.7. The summed E-state index contributed by atoms with van der Waals surface area (Å²) in [6, 6.07) is 76.7. The number of aryl methyl sites for hydroxylation is 5. The van der Waals surface area contributed by atoms with Crippen LogP contribution in [0.3, 0.4) is 0 Å². The number of anilines is 5. The van der Waals surface area contributed by atoms with Crippen LogP contribution in [0.15, 0.2) is 212 Å². The van der Waals surface area contributed by atoms with Crippen molar-refractivity contribution in [3.63, 3.8) is 0 Å². The highest BCUT2D eigenvalue weighted by Crippen LogP contribution is 2.43. The van der Waals surface area contributed by atoms with Crippen molar-refractivity contribution in [2.24, 2.45) is 0 Å². The highest BCUT2D eigenvalue weighted by Gasteiger charge is 2.36. The molecule has 0 spiro atoms. The number of sulfonamides is 2. The van der Waals surface area contributed by atoms with Crippen LogP contribution in [0.1, 0.15) is 109 Å². The van der Waals surface area contributed by atoms with E-state index in [2.05, 4.69) is 83.3 Å². The number of nitrogens with zero attached hydrogens (tertiary/aromatic N) is 10. The van der Waals surface area contributed by atoms with Crippen LogP contribution in [-0.2, 0) is 67.0 Å². The van der Waals surface area contributed by atoms with Crippen LogP contribution in [-0.4, -0.2) is 124 Å². The van der Waals surface area contributed by atoms with Gasteiger partial charge in [0.25, 0.3) is 0 Å². The van der Waals surface area contributed by atoms with Crippen LogP contribution >= 0.6 is 0 Å². The number of hydrogen-bond acceptors (Lipinski definition) is 20. The van der Waals surface area contributed by atoms with Gasteiger partial charge in [0.15, 0.2) is 0 Å². The van der Waals surface area contributed by atoms with Crippen LogP contribution < -0.4 is 49.1 Å². The molecule has 5 N–H and O–H groups in total. The Morgan fingerprint density at radius 2 is 0.584 bits per heavy atom. The summed E-state index contributed by atoms with van der Waals surface area (Å²) in [4.78, 5) is 34.6. The number of methoxy groups -OCH3 is 6. The van der Waals surface area contributed by atoms with Gasteiger partial charge < -0.3 is 60.7 Å². The lowest BCUT2D eigenvalue weighted by molar-refractivity contribution is 0.161. The molecule has 704 valence electrons. The number of nitrogens with one attached hydrogen (secondary N) is 5. The van der Waals surface area contributed by atoms with Gasteiger partial charge >= 0.3 is 18.3 Å². The van der Waals surface area contributed by atoms with E-state index < -0.39 is 43.6 Å². The zero-order chi connectivity index (χ0) is 98.5. The van der Waals surface area contributed by atoms with E-state index in [9.17, 15) is 57.5 Å². The Morgan fingerprint density at radius 3 is 0.796 bits per heavy atom. The van der Waals surface area contributed by atoms with Crippen molar-refractivity contribution >= 4 is 121 Å². The second-order valence-corrected chi connectivity index (χ2v) is 35.7. The summed E-state index contributed by atoms with van der Waals surface area (Å²) < 4.78 is 105. The van der Waals surface area contributed by atoms with Crippen LogP contribution in [0.25, 0.3) is 111 Å². The largest absolute Gasteiger partial charge is 0.497 e. The van der Waals surface area contributed by atoms with Gasteiger partial charge in [-0.15, -0.1) is 0 Å². The Hall–Kier alpha value is -16.3. The fraction of sp³-hybridized carbons (Fsp3) is 0.257. The minimum absolute atomic E-state index is 0.269. The molecule has 3 amide bonds. The first-order valence-electron chi connectivity index (χ1n) is 44.5. The highest BCUT2D eigenvalue weighted by atomic mass is 32.2. The van der Waals surface area contributed by atoms with Gasteiger partial charge in [0.05, 0.1) is 150 Å². The molecule has 0 unspecified atom stereocenters. The quantitative estimate of drug-likeness (QED) is 0.0299. The third-order valence-corrected chi connectivity index (χ3v) is 26.7. The number of carbonyl (C=O) groups is 3. The molecule has 137 heavy (non-hydrogen) atoms. The third kappa shape index (κ3) is 22.0. The van der Waals surface area contributed by atoms with Crippen LogP contribution in [0.2, 0.25) is 0 Å². The monoisotopic (exact) mass is 1880 g/mol. The number of hydrogen-bond donors (Lipinski definition) is 5. The summed E-state index contributed by atoms with van der Waals surface area (Å²) in [5, 5.41) is 60.5. The standard InChI is InChI=1S/C22H23N3O3.C21H21N3O3S.C21H23N3O3S.C21H21N3O3.C20H19N3O3/c1-4-12-28-22(26)24-16-8-6-15(7-9-16)21-19(14-23)18-13-17(27-3)10-11-20(18)25(21)5-2;1-3-24-20-11-8-16(27-2)12-18(20)19(13-22)21(24)14-4-6-15(7-5-14)23-28(25,26)17-9-10-17;1-5-24-20-11-10-17(27-4)12-18(20)19(13-22)21(24)15-6-8-16(9-7-15)23-28(25,26)14(2)3;1-4-24-19-11-10-16(26-3)12-17(19)18(13-22)20(24)14-6-8-15(9-7-14)23-21(25)27-5-2;1-4-23-18-10-9-15(25-2)11-16(18)17(12-21)19(23)13-5-7-14(8-6-13)22-20(24)26-3/h6-11,13H,4-5,12H2,1-3H3,(H,24,26);4-8,11-12,17,23H,3,9-10H2,1-2H3;6-12,14,23H,5H2,1-4H3;6-12H,4-5H2,1-3H3,(H,23,25);5-11H,4H2,1-3H3,(H,22,24). The second-order valence-electron chi connectivity index (χ2n) is 31.5. The first-order valence-corrected chi connectivity index (χ1v) is 47.6. The molecule has 10 aromatic carbocycles. The predicted molar refractivity (Wildman–Crippen MR) is 537 cm³/mol. The maximum atomic E-state index is 12.1. The van der Waals surface area contributed by atoms with Gasteiger partial charge in [0.1, 0.15) is 59.1 Å². The van der Waals surface area contributed by atoms with E-state index >= 15 is 0 Å². The van der Waals surface area contributed by atoms with Gasteiger partial charge in [0.2, 0.25) is 20.0 Å². The third-order valence-electron chi connectivity index (χ3n) is 23.0. The molecule has 0 aliphatic heterocycles. The van der Waals surface area contributed by atoms with Crippen molar-refractivity contribution in [1.29, 1.82) is 26.3 Å². The molecule has 30 nitrogen and oxygen atoms in total. The van der Waals surface area contributed by atoms with E-state index in [1.165, 1.54) is 7.11 Å². The van der Waals surface area contributed by atoms with Gasteiger partial charge in [0, 0.05) is 88.1 Å². The zero-order valence-corrected chi connectivity index (χ0v) is 80.5. The average molecular weight is 1880 g/mol. The molecular formula is C105H107N15O15S2. The summed E-state index contributed by atoms with van der Waals surface area (Å²) in [6.07, 6.45) is 0.735. The first kappa shape index (κ1) is 99.7. The van der Waals surface area contributed by atoms with Gasteiger partial charge in [-0.3, -0.25) is 25.4 Å². The smallest absolute Gasteiger partial charge is 0.411 e. The SMILES string of the molecule is CCCOC(=O)Nc1ccc(-c2c(C#N)c3cc(OC)ccc3n2CC)cc1.CCOC(=O)Nc1ccc(-c2c(C#N)c3cc(OC)ccc3n2CC)cc1.CCn1c(-c2ccc(NC(=O)OC)cc2)c(C#N)c2cc(OC)ccc21.CCn1c(-c2ccc(NS(=O)(=O)C(C)C)cc2)c(C#N)c2cc(OC)ccc21.CCn1c(-c2ccc(NS(=O)(=O)C3CC3)cc2)c(C#N)c2cc(OC)ccc21. The number of carbonyl (C=O) groups excluding carboxylic acids is 3. The molecule has 1 aliphatic rings. The maximum absolute atomic E-state index is 12.1. The summed E-state index contributed by atoms with van der Waals surface area (Å²) in [7, 11) is 2.66. The Bertz CT molecular complexity index is 7250. The minimum Gasteiger partial charge on any atom is -0.497 e. The van der Waals surface area contributed by atoms with E-state index in [-0.39, 0.29) is 5.25 Å². The lowest BCUT2D eigenvalue weighted by Gasteiger charge is -2.12. The molecule has 0 saturated heterocycles. The van der Waals surface area contributed by atoms with E-state index in [0.29, 0.717) is 111 Å². The summed E-state index contributed by atoms with van der Waals surface area (Å²) in [5.74, 6) is 3.55. The summed E-state index contributed by atoms with van der Waals surface area (Å²) >= 11 is 0. The van der Waals surface area contributed by atoms with Crippen molar-refractivity contribution in [3.05, 3.63) is 240 Å². The number of amides is 3. The number of aromatic nitrogens is 5. The first-order chi connectivity index (χ1) is 66.2. The zero-order valence-electron chi connectivity index (χ0n) is 78.8.